The van der Waals surface area contributed by atoms with Gasteiger partial charge in [-0.2, -0.15) is 5.26 Å². The molecule has 0 aliphatic heterocycles. The summed E-state index contributed by atoms with van der Waals surface area (Å²) >= 11 is 0. The van der Waals surface area contributed by atoms with Gasteiger partial charge < -0.3 is 5.32 Å². The Hall–Kier alpha value is -1.72. The average molecular weight is 289 g/mol. The van der Waals surface area contributed by atoms with Crippen molar-refractivity contribution < 1.29 is 17.2 Å². The highest BCUT2D eigenvalue weighted by Gasteiger charge is 2.11. The van der Waals surface area contributed by atoms with Crippen LogP contribution in [0.3, 0.4) is 0 Å². The Kier molecular flexibility index (Phi) is 5.20. The van der Waals surface area contributed by atoms with Crippen LogP contribution < -0.4 is 10.0 Å². The third-order valence-electron chi connectivity index (χ3n) is 2.30. The van der Waals surface area contributed by atoms with Crippen molar-refractivity contribution in [2.24, 2.45) is 0 Å². The van der Waals surface area contributed by atoms with Crippen LogP contribution in [0.25, 0.3) is 0 Å². The van der Waals surface area contributed by atoms with Crippen LogP contribution in [-0.4, -0.2) is 27.3 Å². The van der Waals surface area contributed by atoms with E-state index in [1.807, 2.05) is 0 Å². The molecule has 0 aliphatic carbocycles. The molecule has 2 N–H and O–H groups in total. The summed E-state index contributed by atoms with van der Waals surface area (Å²) < 4.78 is 51.3. The van der Waals surface area contributed by atoms with Gasteiger partial charge in [0.15, 0.2) is 11.6 Å². The number of anilines is 1. The Labute approximate surface area is 110 Å². The zero-order chi connectivity index (χ0) is 14.5. The van der Waals surface area contributed by atoms with Gasteiger partial charge in [-0.05, 0) is 19.1 Å². The first-order chi connectivity index (χ1) is 8.89. The summed E-state index contributed by atoms with van der Waals surface area (Å²) in [4.78, 5) is 0. The molecule has 0 aromatic heterocycles. The zero-order valence-corrected chi connectivity index (χ0v) is 11.0. The maximum Gasteiger partial charge on any atom is 0.211 e. The van der Waals surface area contributed by atoms with E-state index in [1.54, 1.807) is 6.07 Å². The van der Waals surface area contributed by atoms with E-state index in [0.717, 1.165) is 12.1 Å². The van der Waals surface area contributed by atoms with Crippen molar-refractivity contribution in [3.8, 4) is 6.07 Å². The Balaban J connectivity index is 2.62. The molecule has 1 aromatic rings. The van der Waals surface area contributed by atoms with Crippen molar-refractivity contribution >= 4 is 15.7 Å². The number of nitrogens with zero attached hydrogens (tertiary/aromatic N) is 1. The van der Waals surface area contributed by atoms with Gasteiger partial charge in [0, 0.05) is 13.1 Å². The molecule has 0 amide bonds. The number of halogens is 2. The van der Waals surface area contributed by atoms with E-state index < -0.39 is 21.7 Å². The van der Waals surface area contributed by atoms with Crippen molar-refractivity contribution in [3.05, 3.63) is 29.3 Å². The van der Waals surface area contributed by atoms with Gasteiger partial charge in [0.2, 0.25) is 10.0 Å². The highest BCUT2D eigenvalue weighted by molar-refractivity contribution is 7.89. The fourth-order valence-electron chi connectivity index (χ4n) is 1.30. The molecule has 0 bridgehead atoms. The van der Waals surface area contributed by atoms with Gasteiger partial charge >= 0.3 is 0 Å². The summed E-state index contributed by atoms with van der Waals surface area (Å²) in [7, 11) is -3.33. The molecule has 0 fully saturated rings. The molecule has 19 heavy (non-hydrogen) atoms. The first-order valence-corrected chi connectivity index (χ1v) is 7.15. The van der Waals surface area contributed by atoms with E-state index in [-0.39, 0.29) is 30.1 Å². The molecule has 0 saturated heterocycles. The van der Waals surface area contributed by atoms with E-state index in [1.165, 1.54) is 6.92 Å². The second-order valence-electron chi connectivity index (χ2n) is 3.65. The van der Waals surface area contributed by atoms with E-state index in [4.69, 9.17) is 5.26 Å². The largest absolute Gasteiger partial charge is 0.379 e. The first kappa shape index (κ1) is 15.3. The number of hydrogen-bond acceptors (Lipinski definition) is 4. The topological polar surface area (TPSA) is 82.0 Å². The normalized spacial score (nSPS) is 11.1. The first-order valence-electron chi connectivity index (χ1n) is 5.50. The molecule has 0 saturated carbocycles. The number of benzene rings is 1. The van der Waals surface area contributed by atoms with Gasteiger partial charge in [0.05, 0.1) is 17.4 Å². The third kappa shape index (κ3) is 4.46. The molecular formula is C11H13F2N3O2S. The molecule has 0 atom stereocenters. The quantitative estimate of drug-likeness (QED) is 0.771. The van der Waals surface area contributed by atoms with Gasteiger partial charge in [-0.15, -0.1) is 0 Å². The third-order valence-corrected chi connectivity index (χ3v) is 3.70. The van der Waals surface area contributed by atoms with Crippen molar-refractivity contribution in [1.29, 1.82) is 5.26 Å². The maximum absolute atomic E-state index is 13.4. The molecule has 0 spiro atoms. The van der Waals surface area contributed by atoms with Crippen molar-refractivity contribution in [2.45, 2.75) is 6.92 Å². The van der Waals surface area contributed by atoms with Crippen molar-refractivity contribution in [1.82, 2.24) is 4.72 Å². The number of nitrogens with one attached hydrogen (secondary N) is 2. The number of nitriles is 1. The zero-order valence-electron chi connectivity index (χ0n) is 10.2. The SMILES string of the molecule is CCS(=O)(=O)NCCNc1c(F)cc(C#N)cc1F. The minimum absolute atomic E-state index is 0.00898. The summed E-state index contributed by atoms with van der Waals surface area (Å²) in [5, 5.41) is 11.0. The van der Waals surface area contributed by atoms with Crippen LogP contribution in [-0.2, 0) is 10.0 Å². The van der Waals surface area contributed by atoms with Crippen LogP contribution in [0.4, 0.5) is 14.5 Å². The average Bonchev–Trinajstić information content (AvgIpc) is 2.36. The Morgan fingerprint density at radius 3 is 2.32 bits per heavy atom. The molecule has 104 valence electrons. The lowest BCUT2D eigenvalue weighted by Crippen LogP contribution is -2.30. The lowest BCUT2D eigenvalue weighted by molar-refractivity contribution is 0.581. The molecule has 0 heterocycles. The predicted octanol–water partition coefficient (Wildman–Crippen LogP) is 1.19. The molecule has 5 nitrogen and oxygen atoms in total. The molecule has 8 heteroatoms. The highest BCUT2D eigenvalue weighted by Crippen LogP contribution is 2.20. The molecule has 0 aliphatic rings. The molecular weight excluding hydrogens is 276 g/mol. The maximum atomic E-state index is 13.4. The fraction of sp³-hybridized carbons (Fsp3) is 0.364. The molecule has 0 unspecified atom stereocenters. The highest BCUT2D eigenvalue weighted by atomic mass is 32.2. The van der Waals surface area contributed by atoms with E-state index in [9.17, 15) is 17.2 Å². The van der Waals surface area contributed by atoms with Crippen LogP contribution in [0.5, 0.6) is 0 Å². The van der Waals surface area contributed by atoms with Crippen LogP contribution in [0.2, 0.25) is 0 Å². The van der Waals surface area contributed by atoms with Gasteiger partial charge in [-0.3, -0.25) is 0 Å². The monoisotopic (exact) mass is 289 g/mol. The number of sulfonamides is 1. The van der Waals surface area contributed by atoms with Gasteiger partial charge in [0.25, 0.3) is 0 Å². The van der Waals surface area contributed by atoms with Crippen LogP contribution >= 0.6 is 0 Å². The standard InChI is InChI=1S/C11H13F2N3O2S/c1-2-19(17,18)16-4-3-15-11-9(12)5-8(7-14)6-10(11)13/h5-6,15-16H,2-4H2,1H3. The van der Waals surface area contributed by atoms with Crippen molar-refractivity contribution in [3.63, 3.8) is 0 Å². The van der Waals surface area contributed by atoms with E-state index in [2.05, 4.69) is 10.0 Å². The predicted molar refractivity (Wildman–Crippen MR) is 67.0 cm³/mol. The molecule has 1 rings (SSSR count). The summed E-state index contributed by atoms with van der Waals surface area (Å²) in [5.74, 6) is -1.85. The smallest absolute Gasteiger partial charge is 0.211 e. The minimum Gasteiger partial charge on any atom is -0.379 e. The van der Waals surface area contributed by atoms with Gasteiger partial charge in [-0.1, -0.05) is 0 Å². The molecule has 0 radical (unpaired) electrons. The second-order valence-corrected chi connectivity index (χ2v) is 5.75. The van der Waals surface area contributed by atoms with Gasteiger partial charge in [-0.25, -0.2) is 21.9 Å². The number of rotatable bonds is 6. The van der Waals surface area contributed by atoms with Gasteiger partial charge in [0.1, 0.15) is 5.69 Å². The Bertz CT molecular complexity index is 573. The summed E-state index contributed by atoms with van der Waals surface area (Å²) in [6.07, 6.45) is 0. The summed E-state index contributed by atoms with van der Waals surface area (Å²) in [5.41, 5.74) is -0.498. The molecule has 1 aromatic carbocycles. The van der Waals surface area contributed by atoms with Crippen LogP contribution in [0, 0.1) is 23.0 Å². The Morgan fingerprint density at radius 1 is 1.26 bits per heavy atom. The summed E-state index contributed by atoms with van der Waals surface area (Å²) in [6.45, 7) is 1.52. The number of hydrogen-bond donors (Lipinski definition) is 2. The van der Waals surface area contributed by atoms with Crippen LogP contribution in [0.1, 0.15) is 12.5 Å². The van der Waals surface area contributed by atoms with E-state index in [0.29, 0.717) is 0 Å². The lowest BCUT2D eigenvalue weighted by atomic mass is 10.2. The minimum atomic E-state index is -3.33. The lowest BCUT2D eigenvalue weighted by Gasteiger charge is -2.09. The Morgan fingerprint density at radius 2 is 1.84 bits per heavy atom. The van der Waals surface area contributed by atoms with Crippen molar-refractivity contribution in [2.75, 3.05) is 24.2 Å². The fourth-order valence-corrected chi connectivity index (χ4v) is 1.92. The second kappa shape index (κ2) is 6.45. The van der Waals surface area contributed by atoms with Crippen LogP contribution in [0.15, 0.2) is 12.1 Å². The summed E-state index contributed by atoms with van der Waals surface area (Å²) in [6, 6.07) is 3.44. The van der Waals surface area contributed by atoms with E-state index >= 15 is 0 Å².